The fourth-order valence-electron chi connectivity index (χ4n) is 1.77. The zero-order valence-corrected chi connectivity index (χ0v) is 12.0. The van der Waals surface area contributed by atoms with Gasteiger partial charge in [-0.1, -0.05) is 12.1 Å². The van der Waals surface area contributed by atoms with Crippen LogP contribution in [0, 0.1) is 13.8 Å². The molecule has 112 valence electrons. The van der Waals surface area contributed by atoms with Gasteiger partial charge in [0.2, 0.25) is 0 Å². The van der Waals surface area contributed by atoms with Crippen LogP contribution in [0.5, 0.6) is 5.75 Å². The molecule has 0 bridgehead atoms. The number of ether oxygens (including phenoxy) is 1. The van der Waals surface area contributed by atoms with E-state index >= 15 is 0 Å². The third-order valence-electron chi connectivity index (χ3n) is 2.89. The predicted molar refractivity (Wildman–Crippen MR) is 76.3 cm³/mol. The van der Waals surface area contributed by atoms with Crippen LogP contribution < -0.4 is 10.1 Å². The number of aliphatic hydroxyl groups excluding tert-OH is 1. The first-order chi connectivity index (χ1) is 10.1. The monoisotopic (exact) mass is 290 g/mol. The van der Waals surface area contributed by atoms with Gasteiger partial charge in [0.05, 0.1) is 0 Å². The highest BCUT2D eigenvalue weighted by Crippen LogP contribution is 2.12. The summed E-state index contributed by atoms with van der Waals surface area (Å²) >= 11 is 0. The molecule has 0 spiro atoms. The lowest BCUT2D eigenvalue weighted by Crippen LogP contribution is -2.35. The maximum atomic E-state index is 11.8. The number of nitrogens with zero attached hydrogens (tertiary/aromatic N) is 1. The van der Waals surface area contributed by atoms with Gasteiger partial charge in [0, 0.05) is 6.54 Å². The van der Waals surface area contributed by atoms with Gasteiger partial charge in [-0.3, -0.25) is 4.79 Å². The molecule has 2 rings (SSSR count). The van der Waals surface area contributed by atoms with Gasteiger partial charge in [-0.05, 0) is 31.5 Å². The molecule has 6 nitrogen and oxygen atoms in total. The lowest BCUT2D eigenvalue weighted by Gasteiger charge is -2.13. The number of amides is 1. The highest BCUT2D eigenvalue weighted by molar-refractivity contribution is 5.93. The first-order valence-electron chi connectivity index (χ1n) is 6.62. The number of carbonyl (C=O) groups excluding carboxylic acids is 1. The van der Waals surface area contributed by atoms with Crippen LogP contribution >= 0.6 is 0 Å². The molecule has 6 heteroatoms. The molecule has 0 aliphatic rings. The Labute approximate surface area is 122 Å². The molecule has 0 saturated heterocycles. The maximum Gasteiger partial charge on any atom is 0.273 e. The smallest absolute Gasteiger partial charge is 0.273 e. The van der Waals surface area contributed by atoms with Crippen LogP contribution in [0.1, 0.15) is 21.8 Å². The van der Waals surface area contributed by atoms with Crippen LogP contribution in [0.25, 0.3) is 0 Å². The summed E-state index contributed by atoms with van der Waals surface area (Å²) in [7, 11) is 0. The van der Waals surface area contributed by atoms with Crippen molar-refractivity contribution >= 4 is 5.91 Å². The van der Waals surface area contributed by atoms with Crippen molar-refractivity contribution in [3.63, 3.8) is 0 Å². The van der Waals surface area contributed by atoms with Crippen molar-refractivity contribution in [2.45, 2.75) is 20.0 Å². The summed E-state index contributed by atoms with van der Waals surface area (Å²) in [5, 5.41) is 12.4. The lowest BCUT2D eigenvalue weighted by atomic mass is 10.2. The SMILES string of the molecule is Cc1cccc(OCC(O)CNC(=O)c2ncoc2C)c1. The summed E-state index contributed by atoms with van der Waals surface area (Å²) in [6, 6.07) is 7.54. The Balaban J connectivity index is 1.76. The standard InChI is InChI=1S/C15H18N2O4/c1-10-4-3-5-13(6-10)20-8-12(18)7-16-15(19)14-11(2)21-9-17-14/h3-6,9,12,18H,7-8H2,1-2H3,(H,16,19). The van der Waals surface area contributed by atoms with E-state index in [1.807, 2.05) is 31.2 Å². The van der Waals surface area contributed by atoms with Crippen molar-refractivity contribution in [1.29, 1.82) is 0 Å². The number of oxazole rings is 1. The fourth-order valence-corrected chi connectivity index (χ4v) is 1.77. The molecule has 1 aromatic heterocycles. The second-order valence-electron chi connectivity index (χ2n) is 4.75. The summed E-state index contributed by atoms with van der Waals surface area (Å²) in [6.07, 6.45) is 0.406. The summed E-state index contributed by atoms with van der Waals surface area (Å²) in [5.74, 6) is 0.751. The van der Waals surface area contributed by atoms with Gasteiger partial charge in [-0.25, -0.2) is 4.98 Å². The van der Waals surface area contributed by atoms with Crippen molar-refractivity contribution < 1.29 is 19.1 Å². The summed E-state index contributed by atoms with van der Waals surface area (Å²) < 4.78 is 10.4. The normalized spacial score (nSPS) is 12.0. The minimum atomic E-state index is -0.804. The molecule has 0 radical (unpaired) electrons. The number of nitrogens with one attached hydrogen (secondary N) is 1. The topological polar surface area (TPSA) is 84.6 Å². The number of rotatable bonds is 6. The molecule has 1 aromatic carbocycles. The average molecular weight is 290 g/mol. The number of aryl methyl sites for hydroxylation is 2. The Morgan fingerprint density at radius 3 is 2.95 bits per heavy atom. The molecule has 1 amide bonds. The Morgan fingerprint density at radius 1 is 1.48 bits per heavy atom. The predicted octanol–water partition coefficient (Wildman–Crippen LogP) is 1.46. The van der Waals surface area contributed by atoms with Crippen molar-refractivity contribution in [2.24, 2.45) is 0 Å². The first kappa shape index (κ1) is 15.1. The number of aliphatic hydroxyl groups is 1. The van der Waals surface area contributed by atoms with E-state index in [9.17, 15) is 9.90 Å². The van der Waals surface area contributed by atoms with E-state index in [1.165, 1.54) is 6.39 Å². The summed E-state index contributed by atoms with van der Waals surface area (Å²) in [6.45, 7) is 3.79. The molecule has 1 atom stereocenters. The number of hydrogen-bond acceptors (Lipinski definition) is 5. The van der Waals surface area contributed by atoms with Gasteiger partial charge < -0.3 is 19.6 Å². The summed E-state index contributed by atoms with van der Waals surface area (Å²) in [4.78, 5) is 15.6. The van der Waals surface area contributed by atoms with Crippen LogP contribution in [0.4, 0.5) is 0 Å². The number of hydrogen-bond donors (Lipinski definition) is 2. The van der Waals surface area contributed by atoms with E-state index < -0.39 is 6.10 Å². The molecule has 1 heterocycles. The van der Waals surface area contributed by atoms with E-state index in [-0.39, 0.29) is 24.8 Å². The second kappa shape index (κ2) is 6.90. The first-order valence-corrected chi connectivity index (χ1v) is 6.62. The Hall–Kier alpha value is -2.34. The number of carbonyl (C=O) groups is 1. The van der Waals surface area contributed by atoms with Crippen molar-refractivity contribution in [1.82, 2.24) is 10.3 Å². The number of benzene rings is 1. The van der Waals surface area contributed by atoms with Crippen molar-refractivity contribution in [2.75, 3.05) is 13.2 Å². The molecule has 0 saturated carbocycles. The Kier molecular flexibility index (Phi) is 4.94. The highest BCUT2D eigenvalue weighted by Gasteiger charge is 2.14. The van der Waals surface area contributed by atoms with E-state index in [0.717, 1.165) is 5.56 Å². The quantitative estimate of drug-likeness (QED) is 0.841. The zero-order chi connectivity index (χ0) is 15.2. The Bertz CT molecular complexity index is 609. The molecule has 0 fully saturated rings. The van der Waals surface area contributed by atoms with Crippen LogP contribution in [0.3, 0.4) is 0 Å². The van der Waals surface area contributed by atoms with Crippen LogP contribution in [-0.4, -0.2) is 35.3 Å². The van der Waals surface area contributed by atoms with E-state index in [4.69, 9.17) is 9.15 Å². The van der Waals surface area contributed by atoms with E-state index in [0.29, 0.717) is 11.5 Å². The third kappa shape index (κ3) is 4.32. The van der Waals surface area contributed by atoms with Gasteiger partial charge in [0.15, 0.2) is 12.1 Å². The minimum Gasteiger partial charge on any atom is -0.491 e. The van der Waals surface area contributed by atoms with Crippen molar-refractivity contribution in [3.05, 3.63) is 47.7 Å². The van der Waals surface area contributed by atoms with Gasteiger partial charge in [0.1, 0.15) is 24.2 Å². The van der Waals surface area contributed by atoms with Crippen LogP contribution in [0.15, 0.2) is 35.1 Å². The number of aromatic nitrogens is 1. The molecule has 2 N–H and O–H groups in total. The highest BCUT2D eigenvalue weighted by atomic mass is 16.5. The maximum absolute atomic E-state index is 11.8. The fraction of sp³-hybridized carbons (Fsp3) is 0.333. The van der Waals surface area contributed by atoms with Crippen molar-refractivity contribution in [3.8, 4) is 5.75 Å². The van der Waals surface area contributed by atoms with E-state index in [2.05, 4.69) is 10.3 Å². The van der Waals surface area contributed by atoms with Crippen LogP contribution in [0.2, 0.25) is 0 Å². The molecular weight excluding hydrogens is 272 g/mol. The molecule has 2 aromatic rings. The molecular formula is C15H18N2O4. The molecule has 1 unspecified atom stereocenters. The Morgan fingerprint density at radius 2 is 2.29 bits per heavy atom. The second-order valence-corrected chi connectivity index (χ2v) is 4.75. The summed E-state index contributed by atoms with van der Waals surface area (Å²) in [5.41, 5.74) is 1.30. The van der Waals surface area contributed by atoms with Gasteiger partial charge >= 0.3 is 0 Å². The molecule has 0 aliphatic carbocycles. The molecule has 0 aliphatic heterocycles. The largest absolute Gasteiger partial charge is 0.491 e. The lowest BCUT2D eigenvalue weighted by molar-refractivity contribution is 0.0839. The third-order valence-corrected chi connectivity index (χ3v) is 2.89. The van der Waals surface area contributed by atoms with E-state index in [1.54, 1.807) is 6.92 Å². The zero-order valence-electron chi connectivity index (χ0n) is 12.0. The van der Waals surface area contributed by atoms with Crippen LogP contribution in [-0.2, 0) is 0 Å². The van der Waals surface area contributed by atoms with Gasteiger partial charge in [-0.15, -0.1) is 0 Å². The average Bonchev–Trinajstić information content (AvgIpc) is 2.89. The van der Waals surface area contributed by atoms with Gasteiger partial charge in [0.25, 0.3) is 5.91 Å². The van der Waals surface area contributed by atoms with Gasteiger partial charge in [-0.2, -0.15) is 0 Å². The molecule has 21 heavy (non-hydrogen) atoms. The minimum absolute atomic E-state index is 0.0803.